The van der Waals surface area contributed by atoms with E-state index < -0.39 is 53.4 Å². The molecule has 0 atom stereocenters. The van der Waals surface area contributed by atoms with Crippen LogP contribution in [0, 0.1) is 0 Å². The number of hydrogen-bond acceptors (Lipinski definition) is 2. The number of rotatable bonds is 8. The van der Waals surface area contributed by atoms with Gasteiger partial charge in [0.2, 0.25) is 0 Å². The second kappa shape index (κ2) is 7.69. The predicted octanol–water partition coefficient (Wildman–Crippen LogP) is 6.22. The molecule has 17 heteroatoms. The van der Waals surface area contributed by atoms with Crippen LogP contribution in [0.4, 0.5) is 65.9 Å². The summed E-state index contributed by atoms with van der Waals surface area (Å²) in [5, 5.41) is 0. The fourth-order valence-corrected chi connectivity index (χ4v) is 1.60. The summed E-state index contributed by atoms with van der Waals surface area (Å²) < 4.78 is 196. The van der Waals surface area contributed by atoms with Crippen molar-refractivity contribution in [2.24, 2.45) is 0 Å². The molecule has 0 saturated heterocycles. The highest BCUT2D eigenvalue weighted by atomic mass is 19.4. The summed E-state index contributed by atoms with van der Waals surface area (Å²) >= 11 is 0. The van der Waals surface area contributed by atoms with Crippen LogP contribution in [0.5, 0.6) is 0 Å². The lowest BCUT2D eigenvalue weighted by atomic mass is 9.93. The highest BCUT2D eigenvalue weighted by Gasteiger charge is 2.94. The van der Waals surface area contributed by atoms with E-state index in [0.717, 1.165) is 0 Å². The van der Waals surface area contributed by atoms with Crippen LogP contribution in [0.3, 0.4) is 0 Å². The molecule has 0 aliphatic heterocycles. The molecule has 0 rings (SSSR count). The van der Waals surface area contributed by atoms with Gasteiger partial charge in [-0.15, -0.1) is 0 Å². The van der Waals surface area contributed by atoms with Crippen molar-refractivity contribution in [3.8, 4) is 0 Å². The molecule has 2 nitrogen and oxygen atoms in total. The maximum atomic E-state index is 13.4. The fourth-order valence-electron chi connectivity index (χ4n) is 1.60. The van der Waals surface area contributed by atoms with Crippen molar-refractivity contribution in [1.82, 2.24) is 0 Å². The van der Waals surface area contributed by atoms with Gasteiger partial charge in [0, 0.05) is 5.57 Å². The molecule has 30 heavy (non-hydrogen) atoms. The van der Waals surface area contributed by atoms with Gasteiger partial charge in [-0.05, 0) is 13.3 Å². The molecule has 0 saturated carbocycles. The van der Waals surface area contributed by atoms with Crippen molar-refractivity contribution in [3.63, 3.8) is 0 Å². The molecule has 0 spiro atoms. The zero-order chi connectivity index (χ0) is 24.8. The molecule has 0 heterocycles. The summed E-state index contributed by atoms with van der Waals surface area (Å²) in [4.78, 5) is 11.1. The van der Waals surface area contributed by atoms with Crippen molar-refractivity contribution < 1.29 is 75.4 Å². The minimum atomic E-state index is -8.42. The van der Waals surface area contributed by atoms with E-state index in [4.69, 9.17) is 0 Å². The van der Waals surface area contributed by atoms with Gasteiger partial charge in [0.25, 0.3) is 0 Å². The van der Waals surface area contributed by atoms with Crippen LogP contribution in [0.1, 0.15) is 20.3 Å². The molecule has 0 aromatic carbocycles. The zero-order valence-corrected chi connectivity index (χ0v) is 14.3. The van der Waals surface area contributed by atoms with Crippen molar-refractivity contribution in [2.45, 2.75) is 62.2 Å². The number of alkyl halides is 15. The van der Waals surface area contributed by atoms with Crippen molar-refractivity contribution in [1.29, 1.82) is 0 Å². The molecule has 0 fully saturated rings. The Morgan fingerprint density at radius 3 is 1.33 bits per heavy atom. The number of esters is 1. The molecular weight excluding hydrogens is 473 g/mol. The molecule has 0 aliphatic rings. The van der Waals surface area contributed by atoms with Crippen LogP contribution >= 0.6 is 0 Å². The Labute approximate surface area is 156 Å². The molecule has 0 unspecified atom stereocenters. The van der Waals surface area contributed by atoms with Gasteiger partial charge >= 0.3 is 47.9 Å². The Kier molecular flexibility index (Phi) is 7.22. The van der Waals surface area contributed by atoms with Crippen LogP contribution in [0.25, 0.3) is 0 Å². The second-order valence-electron chi connectivity index (χ2n) is 5.57. The van der Waals surface area contributed by atoms with E-state index >= 15 is 0 Å². The molecule has 0 N–H and O–H groups in total. The molecule has 0 radical (unpaired) electrons. The molecular formula is C13H9F15O2. The third kappa shape index (κ3) is 4.02. The first-order chi connectivity index (χ1) is 12.9. The third-order valence-corrected chi connectivity index (χ3v) is 3.35. The van der Waals surface area contributed by atoms with Gasteiger partial charge in [0.15, 0.2) is 0 Å². The Morgan fingerprint density at radius 2 is 1.00 bits per heavy atom. The molecule has 178 valence electrons. The van der Waals surface area contributed by atoms with Crippen LogP contribution in [0.15, 0.2) is 11.6 Å². The van der Waals surface area contributed by atoms with Crippen molar-refractivity contribution in [2.75, 3.05) is 0 Å². The Balaban J connectivity index is 6.42. The number of carbonyl (C=O) groups is 1. The van der Waals surface area contributed by atoms with Gasteiger partial charge in [-0.3, -0.25) is 0 Å². The van der Waals surface area contributed by atoms with Gasteiger partial charge in [0.1, 0.15) is 0 Å². The van der Waals surface area contributed by atoms with Gasteiger partial charge in [-0.1, -0.05) is 13.0 Å². The lowest BCUT2D eigenvalue weighted by Gasteiger charge is -2.40. The highest BCUT2D eigenvalue weighted by molar-refractivity contribution is 5.87. The SMILES string of the molecule is CCC=C(C)C(=O)OC(F)(F)C(F)(F)C(F)(F)C(F)(F)C(F)(F)C(F)(F)C(F)(F)F. The van der Waals surface area contributed by atoms with Crippen molar-refractivity contribution >= 4 is 5.97 Å². The number of ether oxygens (including phenoxy) is 1. The smallest absolute Gasteiger partial charge is 0.393 e. The molecule has 0 aromatic heterocycles. The largest absolute Gasteiger partial charge is 0.473 e. The Bertz CT molecular complexity index is 675. The summed E-state index contributed by atoms with van der Waals surface area (Å²) in [5.74, 6) is -43.5. The van der Waals surface area contributed by atoms with Gasteiger partial charge in [-0.25, -0.2) is 4.79 Å². The minimum Gasteiger partial charge on any atom is -0.393 e. The van der Waals surface area contributed by atoms with Gasteiger partial charge in [-0.2, -0.15) is 65.9 Å². The summed E-state index contributed by atoms with van der Waals surface area (Å²) in [7, 11) is 0. The predicted molar refractivity (Wildman–Crippen MR) is 65.9 cm³/mol. The maximum absolute atomic E-state index is 13.4. The molecule has 0 aliphatic carbocycles. The highest BCUT2D eigenvalue weighted by Crippen LogP contribution is 2.62. The maximum Gasteiger partial charge on any atom is 0.473 e. The summed E-state index contributed by atoms with van der Waals surface area (Å²) in [6.45, 7) is 1.83. The third-order valence-electron chi connectivity index (χ3n) is 3.35. The van der Waals surface area contributed by atoms with E-state index in [0.29, 0.717) is 13.0 Å². The van der Waals surface area contributed by atoms with Crippen LogP contribution in [-0.4, -0.2) is 47.9 Å². The van der Waals surface area contributed by atoms with E-state index in [-0.39, 0.29) is 6.42 Å². The van der Waals surface area contributed by atoms with E-state index in [2.05, 4.69) is 4.74 Å². The van der Waals surface area contributed by atoms with E-state index in [9.17, 15) is 70.7 Å². The first kappa shape index (κ1) is 28.2. The summed E-state index contributed by atoms with van der Waals surface area (Å²) in [5.41, 5.74) is -0.975. The minimum absolute atomic E-state index is 0.157. The summed E-state index contributed by atoms with van der Waals surface area (Å²) in [6.07, 6.45) is -14.2. The zero-order valence-electron chi connectivity index (χ0n) is 14.3. The quantitative estimate of drug-likeness (QED) is 0.234. The van der Waals surface area contributed by atoms with Gasteiger partial charge < -0.3 is 4.74 Å². The first-order valence-corrected chi connectivity index (χ1v) is 7.10. The topological polar surface area (TPSA) is 26.3 Å². The number of allylic oxidation sites excluding steroid dienone is 1. The lowest BCUT2D eigenvalue weighted by molar-refractivity contribution is -0.467. The van der Waals surface area contributed by atoms with Gasteiger partial charge in [0.05, 0.1) is 0 Å². The van der Waals surface area contributed by atoms with E-state index in [1.54, 1.807) is 0 Å². The Morgan fingerprint density at radius 1 is 0.667 bits per heavy atom. The molecule has 0 bridgehead atoms. The van der Waals surface area contributed by atoms with Crippen LogP contribution in [0.2, 0.25) is 0 Å². The number of halogens is 15. The monoisotopic (exact) mass is 482 g/mol. The van der Waals surface area contributed by atoms with E-state index in [1.165, 1.54) is 6.92 Å². The first-order valence-electron chi connectivity index (χ1n) is 7.10. The Hall–Kier alpha value is -1.84. The number of carbonyl (C=O) groups excluding carboxylic acids is 1. The standard InChI is InChI=1S/C13H9F15O2/c1-3-4-5(2)6(29)30-13(27,28)11(22,23)9(18,19)7(14,15)8(16,17)10(20,21)12(24,25)26/h4H,3H2,1-2H3. The van der Waals surface area contributed by atoms with Crippen molar-refractivity contribution in [3.05, 3.63) is 11.6 Å². The van der Waals surface area contributed by atoms with E-state index in [1.807, 2.05) is 0 Å². The average Bonchev–Trinajstić information content (AvgIpc) is 2.52. The normalized spacial score (nSPS) is 16.0. The fraction of sp³-hybridized carbons (Fsp3) is 0.769. The van der Waals surface area contributed by atoms with Crippen LogP contribution in [-0.2, 0) is 9.53 Å². The average molecular weight is 482 g/mol. The lowest BCUT2D eigenvalue weighted by Crippen LogP contribution is -2.73. The summed E-state index contributed by atoms with van der Waals surface area (Å²) in [6, 6.07) is 0. The molecule has 0 amide bonds. The van der Waals surface area contributed by atoms with Crippen LogP contribution < -0.4 is 0 Å². The second-order valence-corrected chi connectivity index (χ2v) is 5.57. The molecule has 0 aromatic rings. The number of hydrogen-bond donors (Lipinski definition) is 0.